The van der Waals surface area contributed by atoms with E-state index in [4.69, 9.17) is 43.6 Å². The third kappa shape index (κ3) is 20.1. The first-order chi connectivity index (χ1) is 39.1. The van der Waals surface area contributed by atoms with Crippen LogP contribution < -0.4 is 5.73 Å². The third-order valence-corrected chi connectivity index (χ3v) is 17.4. The molecule has 0 unspecified atom stereocenters. The maximum atomic E-state index is 14.6. The Morgan fingerprint density at radius 3 is 2.17 bits per heavy atom. The fraction of sp³-hybridized carbons (Fsp3) is 0.787. The van der Waals surface area contributed by atoms with Crippen LogP contribution in [0.1, 0.15) is 119 Å². The van der Waals surface area contributed by atoms with Crippen molar-refractivity contribution in [2.24, 2.45) is 35.3 Å². The molecular formula is C61H100N4O17. The zero-order chi connectivity index (χ0) is 60.1. The number of amides is 2. The van der Waals surface area contributed by atoms with Crippen LogP contribution in [0.5, 0.6) is 0 Å². The van der Waals surface area contributed by atoms with Gasteiger partial charge in [-0.2, -0.15) is 0 Å². The Balaban J connectivity index is 1.32. The van der Waals surface area contributed by atoms with Gasteiger partial charge in [0, 0.05) is 97.2 Å². The number of nitrogens with two attached hydrogens (primary N) is 1. The highest BCUT2D eigenvalue weighted by Gasteiger charge is 2.53. The Hall–Kier alpha value is -3.97. The van der Waals surface area contributed by atoms with Crippen molar-refractivity contribution in [1.82, 2.24) is 14.7 Å². The lowest BCUT2D eigenvalue weighted by Gasteiger charge is -2.43. The van der Waals surface area contributed by atoms with Gasteiger partial charge in [-0.05, 0) is 101 Å². The van der Waals surface area contributed by atoms with E-state index < -0.39 is 114 Å². The lowest BCUT2D eigenvalue weighted by Crippen LogP contribution is -2.61. The topological polar surface area (TPSA) is 276 Å². The zero-order valence-electron chi connectivity index (χ0n) is 50.4. The van der Waals surface area contributed by atoms with Crippen molar-refractivity contribution in [3.05, 3.63) is 47.6 Å². The quantitative estimate of drug-likeness (QED) is 0.0656. The molecule has 4 aliphatic heterocycles. The van der Waals surface area contributed by atoms with Crippen LogP contribution in [-0.2, 0) is 57.1 Å². The minimum Gasteiger partial charge on any atom is -0.459 e. The molecule has 21 nitrogen and oxygen atoms in total. The summed E-state index contributed by atoms with van der Waals surface area (Å²) in [6, 6.07) is -2.09. The van der Waals surface area contributed by atoms with Crippen LogP contribution >= 0.6 is 0 Å². The summed E-state index contributed by atoms with van der Waals surface area (Å²) >= 11 is 0. The van der Waals surface area contributed by atoms with Crippen LogP contribution in [0.15, 0.2) is 47.6 Å². The Morgan fingerprint density at radius 2 is 1.48 bits per heavy atom. The minimum absolute atomic E-state index is 0.0381. The fourth-order valence-electron chi connectivity index (χ4n) is 11.9. The predicted octanol–water partition coefficient (Wildman–Crippen LogP) is 4.45. The summed E-state index contributed by atoms with van der Waals surface area (Å²) in [4.78, 5) is 75.5. The van der Waals surface area contributed by atoms with Gasteiger partial charge >= 0.3 is 12.1 Å². The number of fused-ring (bicyclic) bond motifs is 3. The molecule has 0 radical (unpaired) electrons. The molecule has 6 N–H and O–H groups in total. The van der Waals surface area contributed by atoms with E-state index in [-0.39, 0.29) is 43.2 Å². The van der Waals surface area contributed by atoms with E-state index in [1.54, 1.807) is 60.0 Å². The first-order valence-corrected chi connectivity index (χ1v) is 30.0. The Labute approximate surface area is 486 Å². The monoisotopic (exact) mass is 1160 g/mol. The lowest BCUT2D eigenvalue weighted by molar-refractivity contribution is -0.265. The number of hydrogen-bond acceptors (Lipinski definition) is 19. The number of hydrogen-bond donors (Lipinski definition) is 5. The number of carbonyl (C=O) groups excluding carboxylic acids is 5. The Bertz CT molecular complexity index is 2150. The number of ketones is 2. The highest BCUT2D eigenvalue weighted by atomic mass is 16.6. The maximum Gasteiger partial charge on any atom is 0.410 e. The molecule has 1 aliphatic carbocycles. The first-order valence-electron chi connectivity index (χ1n) is 30.0. The van der Waals surface area contributed by atoms with Gasteiger partial charge in [0.25, 0.3) is 11.7 Å². The molecular weight excluding hydrogens is 1060 g/mol. The number of aliphatic hydroxyl groups excluding tert-OH is 3. The van der Waals surface area contributed by atoms with Gasteiger partial charge in [-0.15, -0.1) is 0 Å². The van der Waals surface area contributed by atoms with Crippen LogP contribution in [-0.4, -0.2) is 225 Å². The molecule has 3 saturated heterocycles. The van der Waals surface area contributed by atoms with Crippen molar-refractivity contribution >= 4 is 29.5 Å². The number of carbonyl (C=O) groups is 5. The minimum atomic E-state index is -2.48. The molecule has 2 amide bonds. The number of methoxy groups -OCH3 is 3. The molecule has 82 heavy (non-hydrogen) atoms. The number of rotatable bonds is 15. The fourth-order valence-corrected chi connectivity index (χ4v) is 11.9. The number of esters is 1. The van der Waals surface area contributed by atoms with E-state index >= 15 is 0 Å². The van der Waals surface area contributed by atoms with Gasteiger partial charge in [-0.25, -0.2) is 9.59 Å². The standard InChI is InChI=1S/C61H100N4O17/c1-39-15-11-10-12-16-40(2)51(76-8)37-46-20-18-44(6)61(74,82-46)57(70)58(71)65-22-14-13-17-48(65)59(72)80-52(38-49(66)41(3)34-43(5)55(68)56(69)54(67)42(4)33-39)47(62)35-45-19-21-50(53(36-45)77-9)81-60(73)64-25-23-63(24-26-64)27-28-78-31-32-79-30-29-75-7/h10-12,15-16,34,39,41-42,44-53,55-56,66,68-69,74H,13-14,17-33,35-38,62H2,1-9H3/b12-10+,15-11+,40-16+,43-34+/t39-,41-,42-,44-,45+,46+,47-,48+,49-,50-,51+,52+,53-,55-,56+,61-/m1/s1. The van der Waals surface area contributed by atoms with Crippen LogP contribution in [0, 0.1) is 29.6 Å². The van der Waals surface area contributed by atoms with E-state index in [0.29, 0.717) is 117 Å². The average molecular weight is 1160 g/mol. The van der Waals surface area contributed by atoms with Gasteiger partial charge in [0.15, 0.2) is 5.78 Å². The highest BCUT2D eigenvalue weighted by Crippen LogP contribution is 2.38. The van der Waals surface area contributed by atoms with E-state index in [1.165, 1.54) is 0 Å². The summed E-state index contributed by atoms with van der Waals surface area (Å²) in [5.74, 6) is -8.24. The van der Waals surface area contributed by atoms with Crippen molar-refractivity contribution < 1.29 is 82.3 Å². The third-order valence-electron chi connectivity index (χ3n) is 17.4. The molecule has 5 aliphatic rings. The number of nitrogens with zero attached hydrogens (tertiary/aromatic N) is 3. The van der Waals surface area contributed by atoms with Gasteiger partial charge in [0.05, 0.1) is 57.5 Å². The zero-order valence-corrected chi connectivity index (χ0v) is 50.4. The number of allylic oxidation sites excluding steroid dienone is 5. The molecule has 5 rings (SSSR count). The van der Waals surface area contributed by atoms with Crippen molar-refractivity contribution in [2.75, 3.05) is 93.6 Å². The Kier molecular flexibility index (Phi) is 28.7. The number of piperazine rings is 1. The van der Waals surface area contributed by atoms with Gasteiger partial charge < -0.3 is 73.9 Å². The lowest BCUT2D eigenvalue weighted by atomic mass is 9.80. The molecule has 16 atom stereocenters. The molecule has 2 bridgehead atoms. The van der Waals surface area contributed by atoms with Crippen molar-refractivity contribution in [1.29, 1.82) is 0 Å². The smallest absolute Gasteiger partial charge is 0.410 e. The number of piperidine rings is 1. The van der Waals surface area contributed by atoms with Gasteiger partial charge in [0.1, 0.15) is 30.5 Å². The summed E-state index contributed by atoms with van der Waals surface area (Å²) in [6.07, 6.45) is 7.28. The molecule has 0 aromatic rings. The average Bonchev–Trinajstić information content (AvgIpc) is 3.65. The van der Waals surface area contributed by atoms with Crippen LogP contribution in [0.25, 0.3) is 0 Å². The van der Waals surface area contributed by atoms with E-state index in [2.05, 4.69) is 4.90 Å². The normalized spacial score (nSPS) is 36.7. The second-order valence-electron chi connectivity index (χ2n) is 23.7. The van der Waals surface area contributed by atoms with Crippen LogP contribution in [0.3, 0.4) is 0 Å². The van der Waals surface area contributed by atoms with Crippen molar-refractivity contribution in [3.63, 3.8) is 0 Å². The van der Waals surface area contributed by atoms with Gasteiger partial charge in [0.2, 0.25) is 5.79 Å². The summed E-state index contributed by atoms with van der Waals surface area (Å²) in [5, 5.41) is 46.4. The first kappa shape index (κ1) is 68.8. The molecule has 21 heteroatoms. The molecule has 4 heterocycles. The van der Waals surface area contributed by atoms with Crippen LogP contribution in [0.2, 0.25) is 0 Å². The van der Waals surface area contributed by atoms with Gasteiger partial charge in [-0.3, -0.25) is 19.3 Å². The maximum absolute atomic E-state index is 14.6. The largest absolute Gasteiger partial charge is 0.459 e. The molecule has 0 spiro atoms. The summed E-state index contributed by atoms with van der Waals surface area (Å²) < 4.78 is 46.5. The number of cyclic esters (lactones) is 1. The molecule has 0 aromatic carbocycles. The van der Waals surface area contributed by atoms with Crippen molar-refractivity contribution in [3.8, 4) is 0 Å². The summed E-state index contributed by atoms with van der Waals surface area (Å²) in [6.45, 7) is 16.2. The number of aliphatic hydroxyl groups is 4. The van der Waals surface area contributed by atoms with E-state index in [1.807, 2.05) is 44.2 Å². The molecule has 466 valence electrons. The second kappa shape index (κ2) is 34.2. The number of Topliss-reactive ketones (excluding diaryl/α,β-unsaturated/α-hetero) is 2. The van der Waals surface area contributed by atoms with Crippen molar-refractivity contribution in [2.45, 2.75) is 185 Å². The molecule has 1 saturated carbocycles. The SMILES string of the molecule is COCCOCCOCCN1CCN(C(=O)O[C@@H]2CC[C@@H](C[C@@H](N)[C@@H]3C[C@@H](O)[C@H](C)/C=C(\C)[C@@H](O)[C@@H](O)C(=O)[C@H](C)C[C@H](C)/C=C/C=C/C=C(\C)[C@@H](OC)C[C@@H]4CC[C@@H](C)[C@@](O)(O4)C(=O)C(=O)N4CCCC[C@H]4C(=O)O3)C[C@H]2OC)CC1. The van der Waals surface area contributed by atoms with Crippen LogP contribution in [0.4, 0.5) is 4.79 Å². The van der Waals surface area contributed by atoms with E-state index in [9.17, 15) is 44.4 Å². The highest BCUT2D eigenvalue weighted by molar-refractivity contribution is 6.39. The molecule has 4 fully saturated rings. The second-order valence-corrected chi connectivity index (χ2v) is 23.7. The van der Waals surface area contributed by atoms with Gasteiger partial charge in [-0.1, -0.05) is 64.2 Å². The number of ether oxygens (including phenoxy) is 8. The van der Waals surface area contributed by atoms with E-state index in [0.717, 1.165) is 17.0 Å². The molecule has 0 aromatic heterocycles. The summed E-state index contributed by atoms with van der Waals surface area (Å²) in [7, 11) is 4.76. The Morgan fingerprint density at radius 1 is 0.768 bits per heavy atom. The predicted molar refractivity (Wildman–Crippen MR) is 306 cm³/mol. The summed E-state index contributed by atoms with van der Waals surface area (Å²) in [5.41, 5.74) is 8.15.